The third-order valence-corrected chi connectivity index (χ3v) is 1.86. The monoisotopic (exact) mass is 194 g/mol. The number of anilines is 1. The molecule has 0 amide bonds. The van der Waals surface area contributed by atoms with Gasteiger partial charge in [-0.25, -0.2) is 4.39 Å². The molecule has 2 rings (SSSR count). The number of aromatic nitrogens is 1. The first kappa shape index (κ1) is 8.99. The summed E-state index contributed by atoms with van der Waals surface area (Å²) in [5.74, 6) is 0.238. The molecule has 0 aliphatic heterocycles. The Hall–Kier alpha value is -1.58. The van der Waals surface area contributed by atoms with E-state index in [-0.39, 0.29) is 11.9 Å². The number of nitrogens with zero attached hydrogens (tertiary/aromatic N) is 1. The van der Waals surface area contributed by atoms with Gasteiger partial charge in [0.15, 0.2) is 0 Å². The summed E-state index contributed by atoms with van der Waals surface area (Å²) >= 11 is 0. The molecule has 74 valence electrons. The van der Waals surface area contributed by atoms with Gasteiger partial charge < -0.3 is 9.84 Å². The Morgan fingerprint density at radius 2 is 2.21 bits per heavy atom. The summed E-state index contributed by atoms with van der Waals surface area (Å²) in [6, 6.07) is 4.61. The number of rotatable bonds is 2. The highest BCUT2D eigenvalue weighted by Crippen LogP contribution is 2.24. The molecule has 0 saturated heterocycles. The molecule has 0 unspecified atom stereocenters. The highest BCUT2D eigenvalue weighted by molar-refractivity contribution is 5.88. The Kier molecular flexibility index (Phi) is 2.11. The third kappa shape index (κ3) is 1.55. The molecule has 0 spiro atoms. The molecule has 0 aliphatic rings. The van der Waals surface area contributed by atoms with E-state index in [1.165, 1.54) is 12.1 Å². The Labute approximate surface area is 80.9 Å². The molecule has 0 atom stereocenters. The molecule has 2 aromatic rings. The van der Waals surface area contributed by atoms with Crippen molar-refractivity contribution < 1.29 is 8.91 Å². The van der Waals surface area contributed by atoms with Gasteiger partial charge in [-0.05, 0) is 32.0 Å². The number of halogens is 1. The van der Waals surface area contributed by atoms with Gasteiger partial charge in [0.05, 0.1) is 5.39 Å². The number of hydrogen-bond acceptors (Lipinski definition) is 3. The Morgan fingerprint density at radius 3 is 2.93 bits per heavy atom. The van der Waals surface area contributed by atoms with Gasteiger partial charge in [0, 0.05) is 6.04 Å². The molecule has 1 aromatic heterocycles. The van der Waals surface area contributed by atoms with Gasteiger partial charge >= 0.3 is 0 Å². The summed E-state index contributed by atoms with van der Waals surface area (Å²) in [6.07, 6.45) is 0. The molecule has 0 saturated carbocycles. The van der Waals surface area contributed by atoms with E-state index >= 15 is 0 Å². The van der Waals surface area contributed by atoms with Crippen LogP contribution in [0.25, 0.3) is 10.9 Å². The lowest BCUT2D eigenvalue weighted by atomic mass is 10.2. The standard InChI is InChI=1S/C10H11FN2O/c1-6(2)12-10-8-5-7(11)3-4-9(8)13-14-10/h3-6,12H,1-2H3. The van der Waals surface area contributed by atoms with Crippen LogP contribution in [0.15, 0.2) is 22.7 Å². The molecular weight excluding hydrogens is 183 g/mol. The summed E-state index contributed by atoms with van der Waals surface area (Å²) in [5.41, 5.74) is 0.662. The summed E-state index contributed by atoms with van der Waals surface area (Å²) in [5, 5.41) is 7.55. The van der Waals surface area contributed by atoms with Gasteiger partial charge in [-0.2, -0.15) is 0 Å². The van der Waals surface area contributed by atoms with Crippen LogP contribution in [0, 0.1) is 5.82 Å². The van der Waals surface area contributed by atoms with E-state index in [0.29, 0.717) is 16.8 Å². The molecule has 4 heteroatoms. The molecule has 1 N–H and O–H groups in total. The van der Waals surface area contributed by atoms with Gasteiger partial charge in [0.25, 0.3) is 0 Å². The number of benzene rings is 1. The maximum Gasteiger partial charge on any atom is 0.232 e. The lowest BCUT2D eigenvalue weighted by molar-refractivity contribution is 0.438. The van der Waals surface area contributed by atoms with Crippen molar-refractivity contribution in [3.63, 3.8) is 0 Å². The van der Waals surface area contributed by atoms with E-state index in [1.807, 2.05) is 13.8 Å². The zero-order chi connectivity index (χ0) is 10.1. The number of nitrogens with one attached hydrogen (secondary N) is 1. The first-order valence-corrected chi connectivity index (χ1v) is 4.48. The zero-order valence-electron chi connectivity index (χ0n) is 8.04. The zero-order valence-corrected chi connectivity index (χ0v) is 8.04. The van der Waals surface area contributed by atoms with Crippen molar-refractivity contribution in [1.82, 2.24) is 5.16 Å². The minimum Gasteiger partial charge on any atom is -0.351 e. The average Bonchev–Trinajstić information content (AvgIpc) is 2.47. The van der Waals surface area contributed by atoms with E-state index in [1.54, 1.807) is 6.07 Å². The van der Waals surface area contributed by atoms with Crippen LogP contribution < -0.4 is 5.32 Å². The van der Waals surface area contributed by atoms with E-state index in [2.05, 4.69) is 10.5 Å². The maximum atomic E-state index is 12.9. The van der Waals surface area contributed by atoms with Gasteiger partial charge in [-0.1, -0.05) is 5.16 Å². The van der Waals surface area contributed by atoms with Crippen molar-refractivity contribution >= 4 is 16.8 Å². The van der Waals surface area contributed by atoms with Gasteiger partial charge in [0.1, 0.15) is 11.3 Å². The molecule has 3 nitrogen and oxygen atoms in total. The summed E-state index contributed by atoms with van der Waals surface area (Å²) < 4.78 is 18.0. The van der Waals surface area contributed by atoms with Crippen LogP contribution in [0.2, 0.25) is 0 Å². The minimum atomic E-state index is -0.285. The highest BCUT2D eigenvalue weighted by atomic mass is 19.1. The summed E-state index contributed by atoms with van der Waals surface area (Å²) in [6.45, 7) is 3.96. The highest BCUT2D eigenvalue weighted by Gasteiger charge is 2.09. The Morgan fingerprint density at radius 1 is 1.43 bits per heavy atom. The Balaban J connectivity index is 2.50. The van der Waals surface area contributed by atoms with Gasteiger partial charge in [-0.3, -0.25) is 0 Å². The van der Waals surface area contributed by atoms with Crippen molar-refractivity contribution in [2.24, 2.45) is 0 Å². The van der Waals surface area contributed by atoms with Crippen molar-refractivity contribution in [3.05, 3.63) is 24.0 Å². The minimum absolute atomic E-state index is 0.231. The molecule has 0 aliphatic carbocycles. The fraction of sp³-hybridized carbons (Fsp3) is 0.300. The molecule has 0 fully saturated rings. The maximum absolute atomic E-state index is 12.9. The first-order chi connectivity index (χ1) is 6.66. The summed E-state index contributed by atoms with van der Waals surface area (Å²) in [7, 11) is 0. The second-order valence-corrected chi connectivity index (χ2v) is 3.47. The second kappa shape index (κ2) is 3.29. The van der Waals surface area contributed by atoms with Crippen molar-refractivity contribution in [2.75, 3.05) is 5.32 Å². The fourth-order valence-corrected chi connectivity index (χ4v) is 1.28. The van der Waals surface area contributed by atoms with Gasteiger partial charge in [0.2, 0.25) is 5.88 Å². The van der Waals surface area contributed by atoms with Crippen LogP contribution >= 0.6 is 0 Å². The van der Waals surface area contributed by atoms with Crippen molar-refractivity contribution in [3.8, 4) is 0 Å². The quantitative estimate of drug-likeness (QED) is 0.798. The van der Waals surface area contributed by atoms with Crippen LogP contribution in [0.4, 0.5) is 10.3 Å². The predicted octanol–water partition coefficient (Wildman–Crippen LogP) is 2.79. The molecule has 0 bridgehead atoms. The number of hydrogen-bond donors (Lipinski definition) is 1. The van der Waals surface area contributed by atoms with Crippen LogP contribution in [-0.2, 0) is 0 Å². The van der Waals surface area contributed by atoms with Crippen LogP contribution in [0.5, 0.6) is 0 Å². The van der Waals surface area contributed by atoms with E-state index < -0.39 is 0 Å². The van der Waals surface area contributed by atoms with E-state index in [4.69, 9.17) is 4.52 Å². The van der Waals surface area contributed by atoms with Crippen LogP contribution in [-0.4, -0.2) is 11.2 Å². The topological polar surface area (TPSA) is 38.1 Å². The van der Waals surface area contributed by atoms with E-state index in [0.717, 1.165) is 0 Å². The van der Waals surface area contributed by atoms with E-state index in [9.17, 15) is 4.39 Å². The molecule has 1 aromatic carbocycles. The summed E-state index contributed by atoms with van der Waals surface area (Å²) in [4.78, 5) is 0. The van der Waals surface area contributed by atoms with Crippen LogP contribution in [0.3, 0.4) is 0 Å². The lowest BCUT2D eigenvalue weighted by Gasteiger charge is -2.04. The molecule has 1 heterocycles. The predicted molar refractivity (Wildman–Crippen MR) is 52.7 cm³/mol. The normalized spacial score (nSPS) is 11.1. The largest absolute Gasteiger partial charge is 0.351 e. The average molecular weight is 194 g/mol. The SMILES string of the molecule is CC(C)Nc1onc2ccc(F)cc12. The smallest absolute Gasteiger partial charge is 0.232 e. The van der Waals surface area contributed by atoms with Crippen molar-refractivity contribution in [2.45, 2.75) is 19.9 Å². The van der Waals surface area contributed by atoms with Crippen molar-refractivity contribution in [1.29, 1.82) is 0 Å². The molecule has 0 radical (unpaired) electrons. The number of fused-ring (bicyclic) bond motifs is 1. The fourth-order valence-electron chi connectivity index (χ4n) is 1.28. The second-order valence-electron chi connectivity index (χ2n) is 3.47. The Bertz CT molecular complexity index is 450. The molecule has 14 heavy (non-hydrogen) atoms. The first-order valence-electron chi connectivity index (χ1n) is 4.48. The lowest BCUT2D eigenvalue weighted by Crippen LogP contribution is -2.08. The molecular formula is C10H11FN2O. The van der Waals surface area contributed by atoms with Crippen LogP contribution in [0.1, 0.15) is 13.8 Å². The third-order valence-electron chi connectivity index (χ3n) is 1.86. The van der Waals surface area contributed by atoms with Gasteiger partial charge in [-0.15, -0.1) is 0 Å².